The van der Waals surface area contributed by atoms with Crippen molar-refractivity contribution < 1.29 is 26.4 Å². The molecule has 6 nitrogen and oxygen atoms in total. The highest BCUT2D eigenvalue weighted by molar-refractivity contribution is 7.92. The molecule has 0 aliphatic heterocycles. The van der Waals surface area contributed by atoms with Crippen molar-refractivity contribution in [1.29, 1.82) is 0 Å². The van der Waals surface area contributed by atoms with Gasteiger partial charge in [-0.1, -0.05) is 30.7 Å². The second-order valence-electron chi connectivity index (χ2n) is 7.49. The first-order chi connectivity index (χ1) is 16.1. The summed E-state index contributed by atoms with van der Waals surface area (Å²) in [7, 11) is -4.02. The third-order valence-corrected chi connectivity index (χ3v) is 6.80. The molecule has 2 aromatic heterocycles. The maximum absolute atomic E-state index is 15.1. The van der Waals surface area contributed by atoms with Crippen molar-refractivity contribution in [3.8, 4) is 11.1 Å². The van der Waals surface area contributed by atoms with E-state index >= 15 is 4.39 Å². The molecule has 0 aliphatic carbocycles. The summed E-state index contributed by atoms with van der Waals surface area (Å²) in [4.78, 5) is 20.1. The number of benzene rings is 2. The van der Waals surface area contributed by atoms with Gasteiger partial charge in [0.2, 0.25) is 15.8 Å². The van der Waals surface area contributed by atoms with Crippen LogP contribution >= 0.6 is 11.6 Å². The van der Waals surface area contributed by atoms with Crippen molar-refractivity contribution in [2.45, 2.75) is 13.3 Å². The number of nitrogens with one attached hydrogen (secondary N) is 2. The van der Waals surface area contributed by atoms with E-state index in [1.807, 2.05) is 4.72 Å². The molecule has 0 amide bonds. The van der Waals surface area contributed by atoms with E-state index in [0.717, 1.165) is 5.56 Å². The van der Waals surface area contributed by atoms with E-state index in [9.17, 15) is 22.0 Å². The fraction of sp³-hybridized carbons (Fsp3) is 0.130. The Morgan fingerprint density at radius 3 is 2.47 bits per heavy atom. The van der Waals surface area contributed by atoms with Crippen molar-refractivity contribution in [2.75, 3.05) is 10.5 Å². The lowest BCUT2D eigenvalue weighted by atomic mass is 9.99. The number of nitrogens with zero attached hydrogens (tertiary/aromatic N) is 1. The standard InChI is InChI=1S/C23H17ClF3N3O3S/c1-2-7-34(32,33)30-18-9-17(25)20(26)19(21(18)27)22(31)16-11-29-23-15(16)8-13(10-28-23)12-3-5-14(24)6-4-12/h3-6,8-11,30H,2,7H2,1H3,(H,28,29). The van der Waals surface area contributed by atoms with Crippen LogP contribution in [0.3, 0.4) is 0 Å². The fourth-order valence-electron chi connectivity index (χ4n) is 3.49. The van der Waals surface area contributed by atoms with Crippen LogP contribution in [-0.4, -0.2) is 29.9 Å². The molecule has 0 saturated heterocycles. The molecule has 176 valence electrons. The summed E-state index contributed by atoms with van der Waals surface area (Å²) in [5, 5.41) is 0.770. The highest BCUT2D eigenvalue weighted by Gasteiger charge is 2.28. The summed E-state index contributed by atoms with van der Waals surface area (Å²) in [6, 6.07) is 8.77. The van der Waals surface area contributed by atoms with Gasteiger partial charge in [-0.2, -0.15) is 0 Å². The average Bonchev–Trinajstić information content (AvgIpc) is 3.21. The van der Waals surface area contributed by atoms with E-state index in [-0.39, 0.29) is 28.8 Å². The number of hydrogen-bond acceptors (Lipinski definition) is 4. The van der Waals surface area contributed by atoms with Crippen LogP contribution in [0.1, 0.15) is 29.3 Å². The van der Waals surface area contributed by atoms with Gasteiger partial charge in [0.1, 0.15) is 5.65 Å². The number of aromatic nitrogens is 2. The Labute approximate surface area is 197 Å². The quantitative estimate of drug-likeness (QED) is 0.248. The minimum atomic E-state index is -4.02. The molecule has 2 aromatic carbocycles. The van der Waals surface area contributed by atoms with Crippen LogP contribution < -0.4 is 4.72 Å². The van der Waals surface area contributed by atoms with Gasteiger partial charge in [-0.15, -0.1) is 0 Å². The summed E-state index contributed by atoms with van der Waals surface area (Å²) in [6.45, 7) is 1.58. The minimum absolute atomic E-state index is 0.163. The first-order valence-corrected chi connectivity index (χ1v) is 12.1. The highest BCUT2D eigenvalue weighted by Crippen LogP contribution is 2.31. The third kappa shape index (κ3) is 4.51. The van der Waals surface area contributed by atoms with Gasteiger partial charge in [0.05, 0.1) is 17.0 Å². The maximum atomic E-state index is 15.1. The first-order valence-electron chi connectivity index (χ1n) is 10.1. The summed E-state index contributed by atoms with van der Waals surface area (Å²) < 4.78 is 69.9. The Hall–Kier alpha value is -3.37. The van der Waals surface area contributed by atoms with E-state index in [4.69, 9.17) is 11.6 Å². The number of hydrogen-bond donors (Lipinski definition) is 2. The van der Waals surface area contributed by atoms with E-state index in [0.29, 0.717) is 16.7 Å². The number of H-pyrrole nitrogens is 1. The third-order valence-electron chi connectivity index (χ3n) is 5.07. The van der Waals surface area contributed by atoms with Crippen molar-refractivity contribution in [3.05, 3.63) is 82.4 Å². The number of pyridine rings is 1. The Morgan fingerprint density at radius 2 is 1.79 bits per heavy atom. The van der Waals surface area contributed by atoms with E-state index in [1.165, 1.54) is 6.20 Å². The van der Waals surface area contributed by atoms with Gasteiger partial charge in [-0.3, -0.25) is 9.52 Å². The van der Waals surface area contributed by atoms with Crippen molar-refractivity contribution in [2.24, 2.45) is 0 Å². The maximum Gasteiger partial charge on any atom is 0.232 e. The lowest BCUT2D eigenvalue weighted by molar-refractivity contribution is 0.103. The number of anilines is 1. The number of carbonyl (C=O) groups is 1. The summed E-state index contributed by atoms with van der Waals surface area (Å²) >= 11 is 5.91. The van der Waals surface area contributed by atoms with Crippen molar-refractivity contribution >= 4 is 44.1 Å². The zero-order valence-corrected chi connectivity index (χ0v) is 19.2. The zero-order valence-electron chi connectivity index (χ0n) is 17.6. The van der Waals surface area contributed by atoms with E-state index in [2.05, 4.69) is 9.97 Å². The molecule has 0 radical (unpaired) electrons. The van der Waals surface area contributed by atoms with E-state index < -0.39 is 44.5 Å². The van der Waals surface area contributed by atoms with Gasteiger partial charge >= 0.3 is 0 Å². The lowest BCUT2D eigenvalue weighted by Crippen LogP contribution is -2.19. The Kier molecular flexibility index (Phi) is 6.37. The van der Waals surface area contributed by atoms with Crippen molar-refractivity contribution in [1.82, 2.24) is 9.97 Å². The number of rotatable bonds is 7. The van der Waals surface area contributed by atoms with Crippen LogP contribution in [0.5, 0.6) is 0 Å². The number of fused-ring (bicyclic) bond motifs is 1. The van der Waals surface area contributed by atoms with Crippen LogP contribution in [0.25, 0.3) is 22.2 Å². The molecular weight excluding hydrogens is 491 g/mol. The predicted molar refractivity (Wildman–Crippen MR) is 124 cm³/mol. The van der Waals surface area contributed by atoms with Crippen LogP contribution in [-0.2, 0) is 10.0 Å². The molecule has 4 rings (SSSR count). The highest BCUT2D eigenvalue weighted by atomic mass is 35.5. The molecule has 0 unspecified atom stereocenters. The fourth-order valence-corrected chi connectivity index (χ4v) is 4.74. The number of ketones is 1. The molecule has 34 heavy (non-hydrogen) atoms. The minimum Gasteiger partial charge on any atom is -0.345 e. The monoisotopic (exact) mass is 507 g/mol. The van der Waals surface area contributed by atoms with Gasteiger partial charge in [-0.25, -0.2) is 26.6 Å². The van der Waals surface area contributed by atoms with Crippen LogP contribution in [0, 0.1) is 17.5 Å². The molecule has 0 aliphatic rings. The SMILES string of the molecule is CCCS(=O)(=O)Nc1cc(F)c(F)c(C(=O)c2c[nH]c3ncc(-c4ccc(Cl)cc4)cc23)c1F. The molecule has 2 N–H and O–H groups in total. The summed E-state index contributed by atoms with van der Waals surface area (Å²) in [5.74, 6) is -6.35. The number of carbonyl (C=O) groups excluding carboxylic acids is 1. The first kappa shape index (κ1) is 23.8. The van der Waals surface area contributed by atoms with Gasteiger partial charge in [-0.05, 0) is 30.2 Å². The van der Waals surface area contributed by atoms with E-state index in [1.54, 1.807) is 43.5 Å². The van der Waals surface area contributed by atoms with Crippen LogP contribution in [0.4, 0.5) is 18.9 Å². The smallest absolute Gasteiger partial charge is 0.232 e. The predicted octanol–water partition coefficient (Wildman–Crippen LogP) is 5.68. The van der Waals surface area contributed by atoms with Gasteiger partial charge in [0, 0.05) is 40.0 Å². The Balaban J connectivity index is 1.82. The molecule has 2 heterocycles. The number of sulfonamides is 1. The number of halogens is 4. The topological polar surface area (TPSA) is 91.9 Å². The molecule has 4 aromatic rings. The Morgan fingerprint density at radius 1 is 1.09 bits per heavy atom. The molecule has 0 fully saturated rings. The normalized spacial score (nSPS) is 11.7. The largest absolute Gasteiger partial charge is 0.345 e. The number of aromatic amines is 1. The van der Waals surface area contributed by atoms with Crippen LogP contribution in [0.2, 0.25) is 5.02 Å². The van der Waals surface area contributed by atoms with Crippen LogP contribution in [0.15, 0.2) is 48.8 Å². The molecule has 0 spiro atoms. The van der Waals surface area contributed by atoms with Gasteiger partial charge in [0.25, 0.3) is 0 Å². The average molecular weight is 508 g/mol. The summed E-state index contributed by atoms with van der Waals surface area (Å²) in [5.41, 5.74) is -0.631. The second kappa shape index (κ2) is 9.11. The Bertz CT molecular complexity index is 1520. The zero-order chi connectivity index (χ0) is 24.6. The molecular formula is C23H17ClF3N3O3S. The van der Waals surface area contributed by atoms with Crippen molar-refractivity contribution in [3.63, 3.8) is 0 Å². The lowest BCUT2D eigenvalue weighted by Gasteiger charge is -2.12. The summed E-state index contributed by atoms with van der Waals surface area (Å²) in [6.07, 6.45) is 2.96. The molecule has 0 atom stereocenters. The second-order valence-corrected chi connectivity index (χ2v) is 9.77. The van der Waals surface area contributed by atoms with Gasteiger partial charge in [0.15, 0.2) is 17.5 Å². The van der Waals surface area contributed by atoms with Gasteiger partial charge < -0.3 is 4.98 Å². The molecule has 11 heteroatoms. The molecule has 0 saturated carbocycles. The molecule has 0 bridgehead atoms.